The summed E-state index contributed by atoms with van der Waals surface area (Å²) in [5, 5.41) is 0. The molecule has 2 atom stereocenters. The van der Waals surface area contributed by atoms with Crippen LogP contribution in [0.15, 0.2) is 54.6 Å². The number of hydrogen-bond acceptors (Lipinski definition) is 2. The largest absolute Gasteiger partial charge is 0.334 e. The van der Waals surface area contributed by atoms with Crippen molar-refractivity contribution in [3.8, 4) is 0 Å². The first kappa shape index (κ1) is 14.8. The van der Waals surface area contributed by atoms with Gasteiger partial charge in [0.15, 0.2) is 17.9 Å². The molecule has 1 N–H and O–H groups in total. The molecule has 24 heavy (non-hydrogen) atoms. The SMILES string of the molecule is O=C1C[C@H]2c3ccccc3CCN2C(=O)C1C=[NH+]c1ccccc1. The number of amides is 1. The van der Waals surface area contributed by atoms with Crippen LogP contribution in [0.2, 0.25) is 0 Å². The second-order valence-electron chi connectivity index (χ2n) is 6.32. The monoisotopic (exact) mass is 319 g/mol. The van der Waals surface area contributed by atoms with Crippen LogP contribution in [0.4, 0.5) is 5.69 Å². The first-order chi connectivity index (χ1) is 11.7. The number of para-hydroxylation sites is 1. The standard InChI is InChI=1S/C20H18N2O2/c23-19-12-18-16-9-5-4-6-14(16)10-11-22(18)20(24)17(19)13-21-15-7-2-1-3-8-15/h1-9,13,17-18H,10-12H2/p+1/t17?,18-/m0/s1. The van der Waals surface area contributed by atoms with E-state index in [1.54, 1.807) is 6.21 Å². The van der Waals surface area contributed by atoms with Gasteiger partial charge in [-0.05, 0) is 17.5 Å². The van der Waals surface area contributed by atoms with Crippen LogP contribution in [-0.4, -0.2) is 29.3 Å². The first-order valence-electron chi connectivity index (χ1n) is 8.30. The molecule has 4 heteroatoms. The minimum absolute atomic E-state index is 0.0126. The summed E-state index contributed by atoms with van der Waals surface area (Å²) in [6, 6.07) is 17.6. The topological polar surface area (TPSA) is 51.4 Å². The molecule has 2 aromatic rings. The van der Waals surface area contributed by atoms with Gasteiger partial charge in [-0.1, -0.05) is 42.5 Å². The fourth-order valence-electron chi connectivity index (χ4n) is 3.65. The molecule has 0 bridgehead atoms. The molecule has 2 aliphatic heterocycles. The fourth-order valence-corrected chi connectivity index (χ4v) is 3.65. The molecular formula is C20H19N2O2+. The molecule has 0 aliphatic carbocycles. The maximum absolute atomic E-state index is 12.8. The molecule has 4 nitrogen and oxygen atoms in total. The number of piperidine rings is 1. The molecule has 2 aliphatic rings. The minimum atomic E-state index is -0.702. The summed E-state index contributed by atoms with van der Waals surface area (Å²) >= 11 is 0. The number of carbonyl (C=O) groups excluding carboxylic acids is 2. The zero-order valence-corrected chi connectivity index (χ0v) is 13.3. The zero-order chi connectivity index (χ0) is 16.5. The van der Waals surface area contributed by atoms with E-state index in [1.165, 1.54) is 5.56 Å². The number of carbonyl (C=O) groups is 2. The van der Waals surface area contributed by atoms with Crippen molar-refractivity contribution in [2.45, 2.75) is 18.9 Å². The predicted molar refractivity (Wildman–Crippen MR) is 90.8 cm³/mol. The summed E-state index contributed by atoms with van der Waals surface area (Å²) in [5.74, 6) is -0.803. The van der Waals surface area contributed by atoms with Crippen LogP contribution in [0.3, 0.4) is 0 Å². The molecule has 0 saturated carbocycles. The molecule has 1 unspecified atom stereocenters. The van der Waals surface area contributed by atoms with Crippen LogP contribution >= 0.6 is 0 Å². The van der Waals surface area contributed by atoms with Crippen molar-refractivity contribution in [3.63, 3.8) is 0 Å². The van der Waals surface area contributed by atoms with Crippen LogP contribution in [-0.2, 0) is 16.0 Å². The van der Waals surface area contributed by atoms with Crippen molar-refractivity contribution in [1.29, 1.82) is 0 Å². The highest BCUT2D eigenvalue weighted by Crippen LogP contribution is 2.36. The molecule has 1 amide bonds. The number of hydrogen-bond donors (Lipinski definition) is 1. The van der Waals surface area contributed by atoms with Gasteiger partial charge in [0.1, 0.15) is 0 Å². The summed E-state index contributed by atoms with van der Waals surface area (Å²) in [6.07, 6.45) is 2.88. The minimum Gasteiger partial charge on any atom is -0.334 e. The highest BCUT2D eigenvalue weighted by Gasteiger charge is 2.44. The van der Waals surface area contributed by atoms with Gasteiger partial charge < -0.3 is 4.90 Å². The molecule has 0 spiro atoms. The van der Waals surface area contributed by atoms with E-state index < -0.39 is 5.92 Å². The van der Waals surface area contributed by atoms with Crippen LogP contribution in [0.5, 0.6) is 0 Å². The highest BCUT2D eigenvalue weighted by molar-refractivity contribution is 6.14. The Labute approximate surface area is 140 Å². The molecule has 2 aromatic carbocycles. The molecule has 0 aromatic heterocycles. The van der Waals surface area contributed by atoms with Crippen LogP contribution in [0.1, 0.15) is 23.6 Å². The van der Waals surface area contributed by atoms with E-state index in [0.717, 1.165) is 17.7 Å². The summed E-state index contributed by atoms with van der Waals surface area (Å²) in [5.41, 5.74) is 3.26. The van der Waals surface area contributed by atoms with Crippen LogP contribution < -0.4 is 4.99 Å². The van der Waals surface area contributed by atoms with E-state index in [9.17, 15) is 9.59 Å². The molecule has 0 radical (unpaired) electrons. The molecule has 2 heterocycles. The van der Waals surface area contributed by atoms with E-state index in [0.29, 0.717) is 13.0 Å². The van der Waals surface area contributed by atoms with Crippen molar-refractivity contribution < 1.29 is 14.6 Å². The smallest absolute Gasteiger partial charge is 0.243 e. The normalized spacial score (nSPS) is 23.2. The molecule has 1 fully saturated rings. The fraction of sp³-hybridized carbons (Fsp3) is 0.250. The second kappa shape index (κ2) is 6.04. The third-order valence-corrected chi connectivity index (χ3v) is 4.89. The first-order valence-corrected chi connectivity index (χ1v) is 8.30. The van der Waals surface area contributed by atoms with Gasteiger partial charge in [-0.3, -0.25) is 9.59 Å². The Balaban J connectivity index is 1.60. The Bertz CT molecular complexity index is 813. The lowest BCUT2D eigenvalue weighted by atomic mass is 9.82. The third kappa shape index (κ3) is 2.54. The summed E-state index contributed by atoms with van der Waals surface area (Å²) in [4.78, 5) is 30.4. The Hall–Kier alpha value is -2.75. The quantitative estimate of drug-likeness (QED) is 0.668. The third-order valence-electron chi connectivity index (χ3n) is 4.89. The Morgan fingerprint density at radius 3 is 2.58 bits per heavy atom. The van der Waals surface area contributed by atoms with E-state index in [-0.39, 0.29) is 17.7 Å². The van der Waals surface area contributed by atoms with Crippen molar-refractivity contribution in [1.82, 2.24) is 4.90 Å². The molecule has 120 valence electrons. The van der Waals surface area contributed by atoms with Gasteiger partial charge in [-0.2, -0.15) is 0 Å². The van der Waals surface area contributed by atoms with Gasteiger partial charge in [0.2, 0.25) is 11.6 Å². The lowest BCUT2D eigenvalue weighted by Gasteiger charge is -2.41. The van der Waals surface area contributed by atoms with Gasteiger partial charge >= 0.3 is 0 Å². The number of Topliss-reactive ketones (excluding diaryl/α,β-unsaturated/α-hetero) is 1. The summed E-state index contributed by atoms with van der Waals surface area (Å²) in [7, 11) is 0. The predicted octanol–water partition coefficient (Wildman–Crippen LogP) is 1.18. The second-order valence-corrected chi connectivity index (χ2v) is 6.32. The number of ketones is 1. The molecule has 1 saturated heterocycles. The van der Waals surface area contributed by atoms with Gasteiger partial charge in [0, 0.05) is 25.1 Å². The van der Waals surface area contributed by atoms with E-state index in [2.05, 4.69) is 11.1 Å². The average Bonchev–Trinajstić information content (AvgIpc) is 2.62. The van der Waals surface area contributed by atoms with E-state index in [1.807, 2.05) is 53.4 Å². The maximum atomic E-state index is 12.8. The lowest BCUT2D eigenvalue weighted by Crippen LogP contribution is -2.65. The van der Waals surface area contributed by atoms with Gasteiger partial charge in [-0.15, -0.1) is 0 Å². The number of fused-ring (bicyclic) bond motifs is 3. The molecule has 4 rings (SSSR count). The number of nitrogens with zero attached hydrogens (tertiary/aromatic N) is 1. The Morgan fingerprint density at radius 1 is 1.00 bits per heavy atom. The summed E-state index contributed by atoms with van der Waals surface area (Å²) < 4.78 is 0. The number of nitrogens with one attached hydrogen (secondary N) is 1. The van der Waals surface area contributed by atoms with E-state index >= 15 is 0 Å². The van der Waals surface area contributed by atoms with Crippen LogP contribution in [0.25, 0.3) is 0 Å². The zero-order valence-electron chi connectivity index (χ0n) is 13.3. The van der Waals surface area contributed by atoms with E-state index in [4.69, 9.17) is 0 Å². The Morgan fingerprint density at radius 2 is 1.75 bits per heavy atom. The van der Waals surface area contributed by atoms with Crippen molar-refractivity contribution in [2.24, 2.45) is 5.92 Å². The van der Waals surface area contributed by atoms with Crippen molar-refractivity contribution in [2.75, 3.05) is 6.54 Å². The number of rotatable bonds is 2. The maximum Gasteiger partial charge on any atom is 0.243 e. The lowest BCUT2D eigenvalue weighted by molar-refractivity contribution is -0.350. The highest BCUT2D eigenvalue weighted by atomic mass is 16.2. The Kier molecular flexibility index (Phi) is 3.73. The van der Waals surface area contributed by atoms with Crippen molar-refractivity contribution >= 4 is 23.6 Å². The average molecular weight is 319 g/mol. The molecular weight excluding hydrogens is 300 g/mol. The van der Waals surface area contributed by atoms with Crippen molar-refractivity contribution in [3.05, 3.63) is 65.7 Å². The van der Waals surface area contributed by atoms with Gasteiger partial charge in [0.25, 0.3) is 0 Å². The van der Waals surface area contributed by atoms with Crippen LogP contribution in [0, 0.1) is 5.92 Å². The number of benzene rings is 2. The summed E-state index contributed by atoms with van der Waals surface area (Å²) in [6.45, 7) is 0.684. The van der Waals surface area contributed by atoms with Gasteiger partial charge in [-0.25, -0.2) is 4.99 Å². The van der Waals surface area contributed by atoms with Gasteiger partial charge in [0.05, 0.1) is 6.04 Å².